The van der Waals surface area contributed by atoms with Crippen molar-refractivity contribution >= 4 is 38.7 Å². The molecule has 6 nitrogen and oxygen atoms in total. The van der Waals surface area contributed by atoms with Crippen molar-refractivity contribution in [2.45, 2.75) is 26.3 Å². The van der Waals surface area contributed by atoms with Gasteiger partial charge in [-0.15, -0.1) is 0 Å². The van der Waals surface area contributed by atoms with Crippen molar-refractivity contribution in [3.8, 4) is 0 Å². The molecule has 1 amide bonds. The number of carboxylic acids is 1. The number of para-hydroxylation sites is 1. The van der Waals surface area contributed by atoms with Crippen molar-refractivity contribution in [1.82, 2.24) is 10.3 Å². The summed E-state index contributed by atoms with van der Waals surface area (Å²) in [6.07, 6.45) is 0.311. The standard InChI is InChI=1S/C16H17BrN2O4/c1-8(2)6-12(16(22)23)18-15(21)10-7-13(20)19-14-9(10)4-3-5-11(14)17/h3-5,7-8,12H,6H2,1-2H3,(H,18,21)(H,19,20)(H,22,23). The van der Waals surface area contributed by atoms with Crippen LogP contribution in [-0.2, 0) is 4.79 Å². The number of pyridine rings is 1. The number of carboxylic acid groups (broad SMARTS) is 1. The Balaban J connectivity index is 2.43. The molecule has 3 N–H and O–H groups in total. The molecule has 1 heterocycles. The zero-order chi connectivity index (χ0) is 17.1. The van der Waals surface area contributed by atoms with Crippen LogP contribution in [-0.4, -0.2) is 28.0 Å². The van der Waals surface area contributed by atoms with E-state index in [1.807, 2.05) is 13.8 Å². The Bertz CT molecular complexity index is 813. The first-order valence-corrected chi connectivity index (χ1v) is 7.94. The average Bonchev–Trinajstić information content (AvgIpc) is 2.46. The van der Waals surface area contributed by atoms with Crippen LogP contribution in [0.25, 0.3) is 10.9 Å². The number of aliphatic carboxylic acids is 1. The summed E-state index contributed by atoms with van der Waals surface area (Å²) >= 11 is 3.33. The van der Waals surface area contributed by atoms with Crippen LogP contribution in [0.1, 0.15) is 30.6 Å². The maximum atomic E-state index is 12.5. The molecule has 1 aromatic carbocycles. The van der Waals surface area contributed by atoms with E-state index in [1.165, 1.54) is 6.07 Å². The molecule has 1 atom stereocenters. The van der Waals surface area contributed by atoms with Crippen molar-refractivity contribution in [1.29, 1.82) is 0 Å². The highest BCUT2D eigenvalue weighted by Crippen LogP contribution is 2.23. The lowest BCUT2D eigenvalue weighted by atomic mass is 10.0. The zero-order valence-electron chi connectivity index (χ0n) is 12.7. The number of nitrogens with one attached hydrogen (secondary N) is 2. The zero-order valence-corrected chi connectivity index (χ0v) is 14.3. The number of carbonyl (C=O) groups is 2. The van der Waals surface area contributed by atoms with E-state index in [9.17, 15) is 19.5 Å². The lowest BCUT2D eigenvalue weighted by Crippen LogP contribution is -2.42. The minimum atomic E-state index is -1.10. The summed E-state index contributed by atoms with van der Waals surface area (Å²) in [5.41, 5.74) is 0.228. The molecule has 1 unspecified atom stereocenters. The Labute approximate surface area is 141 Å². The highest BCUT2D eigenvalue weighted by molar-refractivity contribution is 9.10. The second-order valence-electron chi connectivity index (χ2n) is 5.70. The Kier molecular flexibility index (Phi) is 5.20. The third-order valence-corrected chi connectivity index (χ3v) is 4.04. The molecule has 23 heavy (non-hydrogen) atoms. The second kappa shape index (κ2) is 6.95. The summed E-state index contributed by atoms with van der Waals surface area (Å²) in [6.45, 7) is 3.75. The average molecular weight is 381 g/mol. The summed E-state index contributed by atoms with van der Waals surface area (Å²) in [5.74, 6) is -1.56. The van der Waals surface area contributed by atoms with E-state index >= 15 is 0 Å². The van der Waals surface area contributed by atoms with Gasteiger partial charge in [-0.3, -0.25) is 9.59 Å². The first-order chi connectivity index (χ1) is 10.8. The predicted molar refractivity (Wildman–Crippen MR) is 90.6 cm³/mol. The molecule has 0 aliphatic heterocycles. The smallest absolute Gasteiger partial charge is 0.326 e. The number of benzene rings is 1. The largest absolute Gasteiger partial charge is 0.480 e. The van der Waals surface area contributed by atoms with E-state index in [4.69, 9.17) is 0 Å². The number of hydrogen-bond donors (Lipinski definition) is 3. The molecule has 122 valence electrons. The Morgan fingerprint density at radius 2 is 2.04 bits per heavy atom. The minimum Gasteiger partial charge on any atom is -0.480 e. The SMILES string of the molecule is CC(C)CC(NC(=O)c1cc(=O)[nH]c2c(Br)cccc12)C(=O)O. The topological polar surface area (TPSA) is 99.3 Å². The van der Waals surface area contributed by atoms with Crippen molar-refractivity contribution in [2.24, 2.45) is 5.92 Å². The van der Waals surface area contributed by atoms with Gasteiger partial charge in [-0.05, 0) is 34.3 Å². The molecule has 0 spiro atoms. The van der Waals surface area contributed by atoms with E-state index in [-0.39, 0.29) is 11.5 Å². The number of aromatic amines is 1. The van der Waals surface area contributed by atoms with Crippen LogP contribution in [0.15, 0.2) is 33.5 Å². The molecule has 0 aliphatic carbocycles. The van der Waals surface area contributed by atoms with Gasteiger partial charge in [0.15, 0.2) is 0 Å². The molecule has 0 aliphatic rings. The fourth-order valence-electron chi connectivity index (χ4n) is 2.36. The van der Waals surface area contributed by atoms with E-state index in [0.29, 0.717) is 21.8 Å². The van der Waals surface area contributed by atoms with Gasteiger partial charge in [0, 0.05) is 15.9 Å². The number of halogens is 1. The van der Waals surface area contributed by atoms with Crippen LogP contribution >= 0.6 is 15.9 Å². The van der Waals surface area contributed by atoms with Crippen LogP contribution in [0, 0.1) is 5.92 Å². The highest BCUT2D eigenvalue weighted by atomic mass is 79.9. The molecule has 1 aromatic heterocycles. The van der Waals surface area contributed by atoms with Gasteiger partial charge in [0.05, 0.1) is 11.1 Å². The van der Waals surface area contributed by atoms with Crippen LogP contribution < -0.4 is 10.9 Å². The van der Waals surface area contributed by atoms with Crippen LogP contribution in [0.2, 0.25) is 0 Å². The van der Waals surface area contributed by atoms with Gasteiger partial charge in [0.1, 0.15) is 6.04 Å². The normalized spacial score (nSPS) is 12.3. The molecular weight excluding hydrogens is 364 g/mol. The third kappa shape index (κ3) is 3.98. The van der Waals surface area contributed by atoms with Gasteiger partial charge < -0.3 is 15.4 Å². The van der Waals surface area contributed by atoms with Crippen molar-refractivity contribution < 1.29 is 14.7 Å². The summed E-state index contributed by atoms with van der Waals surface area (Å²) in [4.78, 5) is 38.2. The van der Waals surface area contributed by atoms with Crippen LogP contribution in [0.5, 0.6) is 0 Å². The number of H-pyrrole nitrogens is 1. The highest BCUT2D eigenvalue weighted by Gasteiger charge is 2.23. The summed E-state index contributed by atoms with van der Waals surface area (Å²) in [7, 11) is 0. The van der Waals surface area contributed by atoms with Gasteiger partial charge in [-0.1, -0.05) is 26.0 Å². The first-order valence-electron chi connectivity index (χ1n) is 7.14. The van der Waals surface area contributed by atoms with Gasteiger partial charge in [0.25, 0.3) is 5.91 Å². The second-order valence-corrected chi connectivity index (χ2v) is 6.56. The number of amides is 1. The lowest BCUT2D eigenvalue weighted by Gasteiger charge is -2.17. The fourth-order valence-corrected chi connectivity index (χ4v) is 2.83. The molecule has 0 radical (unpaired) electrons. The molecular formula is C16H17BrN2O4. The fraction of sp³-hybridized carbons (Fsp3) is 0.312. The van der Waals surface area contributed by atoms with Gasteiger partial charge >= 0.3 is 5.97 Å². The quantitative estimate of drug-likeness (QED) is 0.741. The molecule has 7 heteroatoms. The maximum Gasteiger partial charge on any atom is 0.326 e. The monoisotopic (exact) mass is 380 g/mol. The van der Waals surface area contributed by atoms with Gasteiger partial charge in [0.2, 0.25) is 5.56 Å². The van der Waals surface area contributed by atoms with E-state index in [0.717, 1.165) is 0 Å². The van der Waals surface area contributed by atoms with Crippen LogP contribution in [0.4, 0.5) is 0 Å². The molecule has 0 fully saturated rings. The van der Waals surface area contributed by atoms with E-state index in [1.54, 1.807) is 18.2 Å². The van der Waals surface area contributed by atoms with E-state index in [2.05, 4.69) is 26.2 Å². The molecule has 2 rings (SSSR count). The third-order valence-electron chi connectivity index (χ3n) is 3.38. The van der Waals surface area contributed by atoms with Crippen molar-refractivity contribution in [3.05, 3.63) is 44.7 Å². The molecule has 0 bridgehead atoms. The lowest BCUT2D eigenvalue weighted by molar-refractivity contribution is -0.139. The number of fused-ring (bicyclic) bond motifs is 1. The molecule has 2 aromatic rings. The van der Waals surface area contributed by atoms with E-state index < -0.39 is 23.5 Å². The predicted octanol–water partition coefficient (Wildman–Crippen LogP) is 2.52. The number of hydrogen-bond acceptors (Lipinski definition) is 3. The van der Waals surface area contributed by atoms with Crippen LogP contribution in [0.3, 0.4) is 0 Å². The van der Waals surface area contributed by atoms with Crippen molar-refractivity contribution in [2.75, 3.05) is 0 Å². The maximum absolute atomic E-state index is 12.5. The number of rotatable bonds is 5. The summed E-state index contributed by atoms with van der Waals surface area (Å²) in [6, 6.07) is 5.37. The molecule has 0 saturated carbocycles. The Morgan fingerprint density at radius 3 is 2.65 bits per heavy atom. The van der Waals surface area contributed by atoms with Gasteiger partial charge in [-0.25, -0.2) is 4.79 Å². The summed E-state index contributed by atoms with van der Waals surface area (Å²) < 4.78 is 0.652. The number of carbonyl (C=O) groups excluding carboxylic acids is 1. The first kappa shape index (κ1) is 17.2. The summed E-state index contributed by atoms with van der Waals surface area (Å²) in [5, 5.41) is 12.3. The number of aromatic nitrogens is 1. The Hall–Kier alpha value is -2.15. The van der Waals surface area contributed by atoms with Crippen molar-refractivity contribution in [3.63, 3.8) is 0 Å². The molecule has 0 saturated heterocycles. The Morgan fingerprint density at radius 1 is 1.35 bits per heavy atom. The minimum absolute atomic E-state index is 0.112. The van der Waals surface area contributed by atoms with Gasteiger partial charge in [-0.2, -0.15) is 0 Å².